The molecular weight excluding hydrogens is 306 g/mol. The molecule has 0 bridgehead atoms. The molecule has 6 heteroatoms. The Kier molecular flexibility index (Phi) is 4.85. The standard InChI is InChI=1S/C15H12ClF4N/c1-2-21-15(8-3-4-11(18)10(16)5-8)14-12(19)6-9(17)7-13(14)20/h3-7,15,21H,2H2,1H3. The summed E-state index contributed by atoms with van der Waals surface area (Å²) in [6.07, 6.45) is 0. The van der Waals surface area contributed by atoms with Gasteiger partial charge in [-0.2, -0.15) is 0 Å². The van der Waals surface area contributed by atoms with E-state index in [-0.39, 0.29) is 10.6 Å². The molecule has 21 heavy (non-hydrogen) atoms. The fourth-order valence-electron chi connectivity index (χ4n) is 2.11. The largest absolute Gasteiger partial charge is 0.306 e. The third kappa shape index (κ3) is 3.36. The summed E-state index contributed by atoms with van der Waals surface area (Å²) in [5.74, 6) is -3.66. The maximum Gasteiger partial charge on any atom is 0.141 e. The second-order valence-corrected chi connectivity index (χ2v) is 4.85. The van der Waals surface area contributed by atoms with Crippen molar-refractivity contribution in [2.45, 2.75) is 13.0 Å². The maximum absolute atomic E-state index is 13.9. The average molecular weight is 318 g/mol. The van der Waals surface area contributed by atoms with Gasteiger partial charge in [0, 0.05) is 17.7 Å². The van der Waals surface area contributed by atoms with Crippen LogP contribution in [-0.4, -0.2) is 6.54 Å². The van der Waals surface area contributed by atoms with Crippen molar-refractivity contribution in [1.82, 2.24) is 5.32 Å². The van der Waals surface area contributed by atoms with Crippen LogP contribution in [0.5, 0.6) is 0 Å². The first-order valence-electron chi connectivity index (χ1n) is 6.26. The zero-order valence-corrected chi connectivity index (χ0v) is 11.8. The minimum Gasteiger partial charge on any atom is -0.306 e. The van der Waals surface area contributed by atoms with Crippen molar-refractivity contribution in [3.05, 3.63) is 69.8 Å². The Morgan fingerprint density at radius 2 is 1.62 bits per heavy atom. The molecule has 0 fully saturated rings. The summed E-state index contributed by atoms with van der Waals surface area (Å²) in [5.41, 5.74) is 0.0496. The minimum atomic E-state index is -1.01. The van der Waals surface area contributed by atoms with Crippen LogP contribution in [0, 0.1) is 23.3 Å². The first kappa shape index (κ1) is 15.8. The highest BCUT2D eigenvalue weighted by molar-refractivity contribution is 6.30. The summed E-state index contributed by atoms with van der Waals surface area (Å²) in [6, 6.07) is 4.08. The van der Waals surface area contributed by atoms with Crippen LogP contribution in [0.3, 0.4) is 0 Å². The molecule has 1 N–H and O–H groups in total. The quantitative estimate of drug-likeness (QED) is 0.813. The Bertz CT molecular complexity index is 637. The van der Waals surface area contributed by atoms with E-state index in [1.807, 2.05) is 0 Å². The Balaban J connectivity index is 2.55. The highest BCUT2D eigenvalue weighted by Gasteiger charge is 2.23. The molecule has 0 aliphatic carbocycles. The Hall–Kier alpha value is -1.59. The smallest absolute Gasteiger partial charge is 0.141 e. The molecule has 0 aromatic heterocycles. The van der Waals surface area contributed by atoms with Gasteiger partial charge in [-0.05, 0) is 24.2 Å². The molecule has 0 saturated heterocycles. The van der Waals surface area contributed by atoms with Gasteiger partial charge in [0.15, 0.2) is 0 Å². The summed E-state index contributed by atoms with van der Waals surface area (Å²) in [4.78, 5) is 0. The summed E-state index contributed by atoms with van der Waals surface area (Å²) in [5, 5.41) is 2.73. The van der Waals surface area contributed by atoms with Gasteiger partial charge in [0.05, 0.1) is 11.1 Å². The van der Waals surface area contributed by atoms with E-state index in [1.165, 1.54) is 12.1 Å². The molecule has 1 atom stereocenters. The second-order valence-electron chi connectivity index (χ2n) is 4.45. The van der Waals surface area contributed by atoms with E-state index in [0.717, 1.165) is 6.07 Å². The fraction of sp³-hybridized carbons (Fsp3) is 0.200. The van der Waals surface area contributed by atoms with Crippen LogP contribution in [0.2, 0.25) is 5.02 Å². The monoisotopic (exact) mass is 317 g/mol. The number of hydrogen-bond acceptors (Lipinski definition) is 1. The molecular formula is C15H12ClF4N. The van der Waals surface area contributed by atoms with Crippen LogP contribution in [0.25, 0.3) is 0 Å². The predicted molar refractivity (Wildman–Crippen MR) is 73.2 cm³/mol. The van der Waals surface area contributed by atoms with Crippen molar-refractivity contribution in [3.63, 3.8) is 0 Å². The van der Waals surface area contributed by atoms with Gasteiger partial charge >= 0.3 is 0 Å². The van der Waals surface area contributed by atoms with Crippen molar-refractivity contribution >= 4 is 11.6 Å². The summed E-state index contributed by atoms with van der Waals surface area (Å²) in [6.45, 7) is 2.15. The molecule has 112 valence electrons. The van der Waals surface area contributed by atoms with Gasteiger partial charge in [-0.25, -0.2) is 17.6 Å². The van der Waals surface area contributed by atoms with E-state index < -0.39 is 29.3 Å². The number of rotatable bonds is 4. The van der Waals surface area contributed by atoms with Crippen molar-refractivity contribution in [2.75, 3.05) is 6.54 Å². The summed E-state index contributed by atoms with van der Waals surface area (Å²) < 4.78 is 54.1. The van der Waals surface area contributed by atoms with E-state index >= 15 is 0 Å². The third-order valence-corrected chi connectivity index (χ3v) is 3.31. The molecule has 0 saturated carbocycles. The van der Waals surface area contributed by atoms with Gasteiger partial charge in [-0.15, -0.1) is 0 Å². The molecule has 0 spiro atoms. The number of halogens is 5. The molecule has 2 rings (SSSR count). The number of nitrogens with one attached hydrogen (secondary N) is 1. The third-order valence-electron chi connectivity index (χ3n) is 3.02. The SMILES string of the molecule is CCNC(c1ccc(F)c(Cl)c1)c1c(F)cc(F)cc1F. The Labute approximate surface area is 124 Å². The number of benzene rings is 2. The summed E-state index contributed by atoms with van der Waals surface area (Å²) in [7, 11) is 0. The first-order chi connectivity index (χ1) is 9.93. The lowest BCUT2D eigenvalue weighted by Gasteiger charge is -2.20. The fourth-order valence-corrected chi connectivity index (χ4v) is 2.30. The second kappa shape index (κ2) is 6.45. The molecule has 0 heterocycles. The first-order valence-corrected chi connectivity index (χ1v) is 6.64. The topological polar surface area (TPSA) is 12.0 Å². The van der Waals surface area contributed by atoms with Crippen LogP contribution >= 0.6 is 11.6 Å². The van der Waals surface area contributed by atoms with E-state index in [0.29, 0.717) is 24.2 Å². The molecule has 1 unspecified atom stereocenters. The van der Waals surface area contributed by atoms with Crippen LogP contribution in [0.1, 0.15) is 24.1 Å². The molecule has 0 aliphatic rings. The van der Waals surface area contributed by atoms with Crippen LogP contribution in [0.15, 0.2) is 30.3 Å². The van der Waals surface area contributed by atoms with E-state index in [2.05, 4.69) is 5.32 Å². The minimum absolute atomic E-state index is 0.154. The normalized spacial score (nSPS) is 12.5. The maximum atomic E-state index is 13.9. The summed E-state index contributed by atoms with van der Waals surface area (Å²) >= 11 is 5.70. The van der Waals surface area contributed by atoms with Crippen LogP contribution < -0.4 is 5.32 Å². The molecule has 2 aromatic carbocycles. The van der Waals surface area contributed by atoms with Gasteiger partial charge in [0.2, 0.25) is 0 Å². The van der Waals surface area contributed by atoms with Crippen molar-refractivity contribution in [3.8, 4) is 0 Å². The van der Waals surface area contributed by atoms with Crippen LogP contribution in [0.4, 0.5) is 17.6 Å². The van der Waals surface area contributed by atoms with Gasteiger partial charge in [0.1, 0.15) is 23.3 Å². The van der Waals surface area contributed by atoms with E-state index in [1.54, 1.807) is 6.92 Å². The van der Waals surface area contributed by atoms with Gasteiger partial charge in [-0.1, -0.05) is 24.6 Å². The molecule has 0 aliphatic heterocycles. The molecule has 0 amide bonds. The van der Waals surface area contributed by atoms with Gasteiger partial charge < -0.3 is 5.32 Å². The van der Waals surface area contributed by atoms with Crippen molar-refractivity contribution < 1.29 is 17.6 Å². The van der Waals surface area contributed by atoms with Crippen LogP contribution in [-0.2, 0) is 0 Å². The zero-order chi connectivity index (χ0) is 15.6. The van der Waals surface area contributed by atoms with Crippen molar-refractivity contribution in [2.24, 2.45) is 0 Å². The van der Waals surface area contributed by atoms with Gasteiger partial charge in [0.25, 0.3) is 0 Å². The molecule has 1 nitrogen and oxygen atoms in total. The zero-order valence-electron chi connectivity index (χ0n) is 11.1. The highest BCUT2D eigenvalue weighted by atomic mass is 35.5. The van der Waals surface area contributed by atoms with Gasteiger partial charge in [-0.3, -0.25) is 0 Å². The lowest BCUT2D eigenvalue weighted by Crippen LogP contribution is -2.24. The Morgan fingerprint density at radius 3 is 2.14 bits per heavy atom. The lowest BCUT2D eigenvalue weighted by molar-refractivity contribution is 0.491. The number of hydrogen-bond donors (Lipinski definition) is 1. The predicted octanol–water partition coefficient (Wildman–Crippen LogP) is 4.60. The van der Waals surface area contributed by atoms with E-state index in [9.17, 15) is 17.6 Å². The Morgan fingerprint density at radius 1 is 1.00 bits per heavy atom. The molecule has 0 radical (unpaired) electrons. The average Bonchev–Trinajstić information content (AvgIpc) is 2.40. The lowest BCUT2D eigenvalue weighted by atomic mass is 9.97. The van der Waals surface area contributed by atoms with E-state index in [4.69, 9.17) is 11.6 Å². The van der Waals surface area contributed by atoms with Crippen molar-refractivity contribution in [1.29, 1.82) is 0 Å². The highest BCUT2D eigenvalue weighted by Crippen LogP contribution is 2.30. The molecule has 2 aromatic rings.